The van der Waals surface area contributed by atoms with Crippen LogP contribution in [0.25, 0.3) is 0 Å². The highest BCUT2D eigenvalue weighted by Gasteiger charge is 2.33. The molecule has 0 aromatic carbocycles. The normalized spacial score (nSPS) is 14.1. The molecule has 2 heterocycles. The zero-order chi connectivity index (χ0) is 20.0. The Morgan fingerprint density at radius 3 is 1.73 bits per heavy atom. The van der Waals surface area contributed by atoms with Gasteiger partial charge >= 0.3 is 0 Å². The molecule has 0 atom stereocenters. The van der Waals surface area contributed by atoms with Crippen molar-refractivity contribution in [2.24, 2.45) is 0 Å². The fraction of sp³-hybridized carbons (Fsp3) is 0.727. The Kier molecular flexibility index (Phi) is 5.22. The number of hydrogen-bond acceptors (Lipinski definition) is 4. The van der Waals surface area contributed by atoms with Gasteiger partial charge in [0.25, 0.3) is 0 Å². The highest BCUT2D eigenvalue weighted by molar-refractivity contribution is 5.20. The standard InChI is InChI=1S/C22H36N2O2/c1-19(2,3)17-13-15(24-26-17)21(7,8)11-12-22(9,10)16-14-25-18(23-16)20(4,5)6/h13-14H,11-12H2,1-10H3. The molecule has 2 rings (SSSR count). The van der Waals surface area contributed by atoms with Crippen LogP contribution in [0.4, 0.5) is 0 Å². The largest absolute Gasteiger partial charge is 0.448 e. The van der Waals surface area contributed by atoms with Gasteiger partial charge in [0.2, 0.25) is 0 Å². The van der Waals surface area contributed by atoms with Crippen molar-refractivity contribution < 1.29 is 8.94 Å². The molecule has 26 heavy (non-hydrogen) atoms. The van der Waals surface area contributed by atoms with Gasteiger partial charge in [-0.1, -0.05) is 74.4 Å². The van der Waals surface area contributed by atoms with E-state index in [0.717, 1.165) is 35.9 Å². The molecule has 0 radical (unpaired) electrons. The molecular formula is C22H36N2O2. The van der Waals surface area contributed by atoms with Crippen LogP contribution in [0.2, 0.25) is 0 Å². The summed E-state index contributed by atoms with van der Waals surface area (Å²) in [6.07, 6.45) is 3.81. The molecule has 4 nitrogen and oxygen atoms in total. The third-order valence-electron chi connectivity index (χ3n) is 5.16. The Morgan fingerprint density at radius 1 is 0.769 bits per heavy atom. The second kappa shape index (κ2) is 6.54. The van der Waals surface area contributed by atoms with Gasteiger partial charge in [-0.3, -0.25) is 0 Å². The fourth-order valence-corrected chi connectivity index (χ4v) is 2.76. The lowest BCUT2D eigenvalue weighted by Gasteiger charge is -2.28. The number of rotatable bonds is 5. The van der Waals surface area contributed by atoms with Crippen molar-refractivity contribution in [2.75, 3.05) is 0 Å². The summed E-state index contributed by atoms with van der Waals surface area (Å²) < 4.78 is 11.3. The van der Waals surface area contributed by atoms with Crippen LogP contribution in [0.1, 0.15) is 105 Å². The molecule has 0 saturated carbocycles. The molecule has 0 saturated heterocycles. The van der Waals surface area contributed by atoms with Crippen molar-refractivity contribution in [3.8, 4) is 0 Å². The molecule has 0 bridgehead atoms. The quantitative estimate of drug-likeness (QED) is 0.628. The minimum Gasteiger partial charge on any atom is -0.448 e. The summed E-state index contributed by atoms with van der Waals surface area (Å²) in [7, 11) is 0. The van der Waals surface area contributed by atoms with Gasteiger partial charge in [0.1, 0.15) is 12.0 Å². The second-order valence-corrected chi connectivity index (χ2v) is 10.9. The third-order valence-corrected chi connectivity index (χ3v) is 5.16. The summed E-state index contributed by atoms with van der Waals surface area (Å²) in [5.74, 6) is 1.73. The van der Waals surface area contributed by atoms with Crippen molar-refractivity contribution in [3.05, 3.63) is 35.4 Å². The Morgan fingerprint density at radius 2 is 1.31 bits per heavy atom. The van der Waals surface area contributed by atoms with E-state index < -0.39 is 0 Å². The Bertz CT molecular complexity index is 673. The molecule has 0 spiro atoms. The smallest absolute Gasteiger partial charge is 0.199 e. The molecule has 0 N–H and O–H groups in total. The highest BCUT2D eigenvalue weighted by Crippen LogP contribution is 2.37. The van der Waals surface area contributed by atoms with E-state index in [9.17, 15) is 0 Å². The number of nitrogens with zero attached hydrogens (tertiary/aromatic N) is 2. The zero-order valence-corrected chi connectivity index (χ0v) is 18.3. The van der Waals surface area contributed by atoms with Gasteiger partial charge in [-0.05, 0) is 12.8 Å². The lowest BCUT2D eigenvalue weighted by molar-refractivity contribution is 0.307. The molecular weight excluding hydrogens is 324 g/mol. The van der Waals surface area contributed by atoms with Crippen molar-refractivity contribution >= 4 is 0 Å². The molecule has 0 aliphatic carbocycles. The Balaban J connectivity index is 2.12. The van der Waals surface area contributed by atoms with E-state index in [4.69, 9.17) is 13.9 Å². The summed E-state index contributed by atoms with van der Waals surface area (Å²) >= 11 is 0. The van der Waals surface area contributed by atoms with Crippen LogP contribution in [-0.2, 0) is 21.7 Å². The van der Waals surface area contributed by atoms with E-state index in [-0.39, 0.29) is 21.7 Å². The van der Waals surface area contributed by atoms with Gasteiger partial charge in [-0.25, -0.2) is 4.98 Å². The van der Waals surface area contributed by atoms with Crippen molar-refractivity contribution in [2.45, 2.75) is 104 Å². The van der Waals surface area contributed by atoms with E-state index in [1.54, 1.807) is 0 Å². The van der Waals surface area contributed by atoms with Crippen LogP contribution in [-0.4, -0.2) is 10.1 Å². The van der Waals surface area contributed by atoms with Gasteiger partial charge in [0.05, 0.1) is 11.4 Å². The van der Waals surface area contributed by atoms with Gasteiger partial charge in [0.15, 0.2) is 5.89 Å². The lowest BCUT2D eigenvalue weighted by Crippen LogP contribution is -2.25. The monoisotopic (exact) mass is 360 g/mol. The molecule has 0 aliphatic rings. The predicted octanol–water partition coefficient (Wildman–Crippen LogP) is 6.29. The van der Waals surface area contributed by atoms with Crippen molar-refractivity contribution in [3.63, 3.8) is 0 Å². The summed E-state index contributed by atoms with van der Waals surface area (Å²) in [5.41, 5.74) is 1.84. The average molecular weight is 361 g/mol. The molecule has 0 fully saturated rings. The van der Waals surface area contributed by atoms with Crippen LogP contribution >= 0.6 is 0 Å². The summed E-state index contributed by atoms with van der Waals surface area (Å²) in [6, 6.07) is 2.11. The summed E-state index contributed by atoms with van der Waals surface area (Å²) in [5, 5.41) is 4.36. The minimum atomic E-state index is -0.0718. The first-order valence-electron chi connectivity index (χ1n) is 9.57. The molecule has 0 unspecified atom stereocenters. The van der Waals surface area contributed by atoms with Crippen LogP contribution in [0, 0.1) is 0 Å². The van der Waals surface area contributed by atoms with E-state index in [0.29, 0.717) is 0 Å². The first kappa shape index (κ1) is 20.7. The topological polar surface area (TPSA) is 52.1 Å². The Labute approximate surface area is 158 Å². The average Bonchev–Trinajstić information content (AvgIpc) is 3.13. The zero-order valence-electron chi connectivity index (χ0n) is 18.3. The summed E-state index contributed by atoms with van der Waals surface area (Å²) in [6.45, 7) is 21.7. The first-order chi connectivity index (χ1) is 11.6. The summed E-state index contributed by atoms with van der Waals surface area (Å²) in [4.78, 5) is 4.76. The second-order valence-electron chi connectivity index (χ2n) is 10.9. The van der Waals surface area contributed by atoms with Gasteiger partial charge in [0, 0.05) is 27.7 Å². The third kappa shape index (κ3) is 4.57. The maximum absolute atomic E-state index is 5.73. The van der Waals surface area contributed by atoms with E-state index in [1.807, 2.05) is 6.26 Å². The molecule has 2 aromatic heterocycles. The maximum atomic E-state index is 5.73. The van der Waals surface area contributed by atoms with E-state index >= 15 is 0 Å². The minimum absolute atomic E-state index is 0.0231. The van der Waals surface area contributed by atoms with E-state index in [1.165, 1.54) is 0 Å². The SMILES string of the molecule is CC(C)(C)c1cc(C(C)(C)CCC(C)(C)c2coc(C(C)(C)C)n2)no1. The number of aromatic nitrogens is 2. The van der Waals surface area contributed by atoms with Gasteiger partial charge < -0.3 is 8.94 Å². The highest BCUT2D eigenvalue weighted by atomic mass is 16.5. The van der Waals surface area contributed by atoms with Gasteiger partial charge in [-0.2, -0.15) is 0 Å². The number of oxazole rings is 1. The first-order valence-corrected chi connectivity index (χ1v) is 9.57. The molecule has 2 aromatic rings. The van der Waals surface area contributed by atoms with Crippen LogP contribution < -0.4 is 0 Å². The van der Waals surface area contributed by atoms with Crippen LogP contribution in [0.15, 0.2) is 21.3 Å². The molecule has 4 heteroatoms. The fourth-order valence-electron chi connectivity index (χ4n) is 2.76. The maximum Gasteiger partial charge on any atom is 0.199 e. The Hall–Kier alpha value is -1.58. The number of hydrogen-bond donors (Lipinski definition) is 0. The van der Waals surface area contributed by atoms with Gasteiger partial charge in [-0.15, -0.1) is 0 Å². The van der Waals surface area contributed by atoms with Crippen molar-refractivity contribution in [1.29, 1.82) is 0 Å². The van der Waals surface area contributed by atoms with Crippen LogP contribution in [0.3, 0.4) is 0 Å². The van der Waals surface area contributed by atoms with E-state index in [2.05, 4.69) is 80.5 Å². The molecule has 146 valence electrons. The predicted molar refractivity (Wildman–Crippen MR) is 106 cm³/mol. The lowest BCUT2D eigenvalue weighted by atomic mass is 9.76. The van der Waals surface area contributed by atoms with Crippen LogP contribution in [0.5, 0.6) is 0 Å². The molecule has 0 aliphatic heterocycles. The van der Waals surface area contributed by atoms with Crippen molar-refractivity contribution in [1.82, 2.24) is 10.1 Å². The molecule has 0 amide bonds.